The van der Waals surface area contributed by atoms with Crippen molar-refractivity contribution in [3.05, 3.63) is 0 Å². The minimum atomic E-state index is 0.599. The van der Waals surface area contributed by atoms with Crippen LogP contribution in [0.4, 0.5) is 0 Å². The molecule has 0 saturated heterocycles. The van der Waals surface area contributed by atoms with Crippen LogP contribution in [0.2, 0.25) is 0 Å². The molecule has 1 aliphatic carbocycles. The second-order valence-electron chi connectivity index (χ2n) is 2.27. The van der Waals surface area contributed by atoms with Crippen molar-refractivity contribution in [3.63, 3.8) is 0 Å². The Morgan fingerprint density at radius 1 is 1.57 bits per heavy atom. The Balaban J connectivity index is 2.16. The molecule has 0 aromatic carbocycles. The maximum Gasteiger partial charge on any atom is 0.0246 e. The van der Waals surface area contributed by atoms with Crippen LogP contribution in [0, 0.1) is 5.92 Å². The fourth-order valence-electron chi connectivity index (χ4n) is 0.829. The molecule has 2 atom stereocenters. The van der Waals surface area contributed by atoms with Crippen molar-refractivity contribution in [2.75, 3.05) is 0 Å². The predicted molar refractivity (Wildman–Crippen MR) is 31.2 cm³/mol. The normalized spacial score (nSPS) is 40.3. The first-order valence-corrected chi connectivity index (χ1v) is 3.08. The summed E-state index contributed by atoms with van der Waals surface area (Å²) >= 11 is 5.35. The summed E-state index contributed by atoms with van der Waals surface area (Å²) in [5.74, 6) is 0.803. The molecule has 0 bridgehead atoms. The number of hydrogen-bond donors (Lipinski definition) is 1. The van der Waals surface area contributed by atoms with Crippen LogP contribution in [0.3, 0.4) is 0 Å². The molecule has 1 rings (SSSR count). The van der Waals surface area contributed by atoms with Gasteiger partial charge in [0.25, 0.3) is 0 Å². The Hall–Kier alpha value is 0.250. The fourth-order valence-corrected chi connectivity index (χ4v) is 1.15. The van der Waals surface area contributed by atoms with Gasteiger partial charge in [-0.25, -0.2) is 4.84 Å². The minimum Gasteiger partial charge on any atom is -0.230 e. The zero-order chi connectivity index (χ0) is 5.28. The van der Waals surface area contributed by atoms with Crippen molar-refractivity contribution >= 4 is 11.8 Å². The standard InChI is InChI=1S/C5H10ClN/c1-4-2-3-5(4)7-6/h4-5,7H,2-3H2,1H3. The lowest BCUT2D eigenvalue weighted by Crippen LogP contribution is -2.37. The molecule has 1 fully saturated rings. The highest BCUT2D eigenvalue weighted by Crippen LogP contribution is 2.26. The lowest BCUT2D eigenvalue weighted by atomic mass is 9.82. The van der Waals surface area contributed by atoms with Crippen LogP contribution in [0.5, 0.6) is 0 Å². The van der Waals surface area contributed by atoms with E-state index < -0.39 is 0 Å². The third-order valence-electron chi connectivity index (χ3n) is 1.76. The first kappa shape index (κ1) is 5.39. The van der Waals surface area contributed by atoms with E-state index in [-0.39, 0.29) is 0 Å². The van der Waals surface area contributed by atoms with Crippen LogP contribution in [0.1, 0.15) is 19.8 Å². The van der Waals surface area contributed by atoms with Gasteiger partial charge in [0.2, 0.25) is 0 Å². The van der Waals surface area contributed by atoms with Crippen molar-refractivity contribution < 1.29 is 0 Å². The average Bonchev–Trinajstić information content (AvgIpc) is 1.65. The Morgan fingerprint density at radius 3 is 2.29 bits per heavy atom. The molecule has 0 aliphatic heterocycles. The second-order valence-corrected chi connectivity index (χ2v) is 2.49. The molecular weight excluding hydrogens is 110 g/mol. The summed E-state index contributed by atoms with van der Waals surface area (Å²) in [6.45, 7) is 2.21. The molecule has 0 spiro atoms. The Morgan fingerprint density at radius 2 is 2.29 bits per heavy atom. The van der Waals surface area contributed by atoms with E-state index in [9.17, 15) is 0 Å². The Bertz CT molecular complexity index is 63.1. The molecule has 1 nitrogen and oxygen atoms in total. The van der Waals surface area contributed by atoms with Crippen LogP contribution in [0.25, 0.3) is 0 Å². The van der Waals surface area contributed by atoms with E-state index in [4.69, 9.17) is 11.8 Å². The molecule has 0 aromatic rings. The Kier molecular flexibility index (Phi) is 1.55. The summed E-state index contributed by atoms with van der Waals surface area (Å²) < 4.78 is 0. The summed E-state index contributed by atoms with van der Waals surface area (Å²) in [6, 6.07) is 0.599. The predicted octanol–water partition coefficient (Wildman–Crippen LogP) is 1.53. The van der Waals surface area contributed by atoms with E-state index in [0.29, 0.717) is 6.04 Å². The zero-order valence-corrected chi connectivity index (χ0v) is 5.20. The summed E-state index contributed by atoms with van der Waals surface area (Å²) in [6.07, 6.45) is 2.59. The van der Waals surface area contributed by atoms with E-state index in [1.807, 2.05) is 0 Å². The van der Waals surface area contributed by atoms with Gasteiger partial charge in [0.1, 0.15) is 0 Å². The highest BCUT2D eigenvalue weighted by atomic mass is 35.5. The van der Waals surface area contributed by atoms with Gasteiger partial charge in [-0.15, -0.1) is 0 Å². The molecule has 2 unspecified atom stereocenters. The first-order valence-electron chi connectivity index (χ1n) is 2.70. The van der Waals surface area contributed by atoms with Gasteiger partial charge in [0, 0.05) is 6.04 Å². The van der Waals surface area contributed by atoms with Gasteiger partial charge < -0.3 is 0 Å². The lowest BCUT2D eigenvalue weighted by Gasteiger charge is -2.31. The average molecular weight is 120 g/mol. The molecule has 0 aromatic heterocycles. The number of halogens is 1. The van der Waals surface area contributed by atoms with Crippen molar-refractivity contribution in [1.29, 1.82) is 0 Å². The third kappa shape index (κ3) is 0.892. The molecule has 2 heteroatoms. The number of hydrogen-bond acceptors (Lipinski definition) is 1. The molecule has 0 amide bonds. The highest BCUT2D eigenvalue weighted by Gasteiger charge is 2.24. The topological polar surface area (TPSA) is 12.0 Å². The zero-order valence-electron chi connectivity index (χ0n) is 4.45. The van der Waals surface area contributed by atoms with Gasteiger partial charge in [0.05, 0.1) is 0 Å². The summed E-state index contributed by atoms with van der Waals surface area (Å²) in [4.78, 5) is 2.72. The van der Waals surface area contributed by atoms with Crippen molar-refractivity contribution in [2.24, 2.45) is 5.92 Å². The molecule has 1 N–H and O–H groups in total. The maximum atomic E-state index is 5.35. The quantitative estimate of drug-likeness (QED) is 0.517. The van der Waals surface area contributed by atoms with Gasteiger partial charge in [0.15, 0.2) is 0 Å². The van der Waals surface area contributed by atoms with Crippen LogP contribution in [-0.4, -0.2) is 6.04 Å². The van der Waals surface area contributed by atoms with Crippen LogP contribution in [-0.2, 0) is 0 Å². The van der Waals surface area contributed by atoms with E-state index in [1.54, 1.807) is 0 Å². The number of rotatable bonds is 1. The van der Waals surface area contributed by atoms with Gasteiger partial charge >= 0.3 is 0 Å². The molecule has 0 radical (unpaired) electrons. The molecule has 42 valence electrons. The van der Waals surface area contributed by atoms with Crippen molar-refractivity contribution in [3.8, 4) is 0 Å². The van der Waals surface area contributed by atoms with Crippen LogP contribution in [0.15, 0.2) is 0 Å². The molecule has 1 aliphatic rings. The van der Waals surface area contributed by atoms with Crippen molar-refractivity contribution in [1.82, 2.24) is 4.84 Å². The van der Waals surface area contributed by atoms with Crippen molar-refractivity contribution in [2.45, 2.75) is 25.8 Å². The first-order chi connectivity index (χ1) is 3.34. The lowest BCUT2D eigenvalue weighted by molar-refractivity contribution is 0.263. The second kappa shape index (κ2) is 2.01. The fraction of sp³-hybridized carbons (Fsp3) is 1.00. The van der Waals surface area contributed by atoms with Gasteiger partial charge in [-0.05, 0) is 30.5 Å². The molecule has 1 saturated carbocycles. The summed E-state index contributed by atoms with van der Waals surface area (Å²) in [5, 5.41) is 0. The van der Waals surface area contributed by atoms with E-state index in [2.05, 4.69) is 11.8 Å². The molecule has 0 heterocycles. The molecule has 7 heavy (non-hydrogen) atoms. The van der Waals surface area contributed by atoms with E-state index >= 15 is 0 Å². The molecular formula is C5H10ClN. The third-order valence-corrected chi connectivity index (χ3v) is 2.04. The smallest absolute Gasteiger partial charge is 0.0246 e. The van der Waals surface area contributed by atoms with Gasteiger partial charge in [-0.1, -0.05) is 6.92 Å². The maximum absolute atomic E-state index is 5.35. The summed E-state index contributed by atoms with van der Waals surface area (Å²) in [5.41, 5.74) is 0. The van der Waals surface area contributed by atoms with Gasteiger partial charge in [-0.2, -0.15) is 0 Å². The highest BCUT2D eigenvalue weighted by molar-refractivity contribution is 6.13. The largest absolute Gasteiger partial charge is 0.230 e. The number of nitrogens with one attached hydrogen (secondary N) is 1. The van der Waals surface area contributed by atoms with E-state index in [0.717, 1.165) is 5.92 Å². The SMILES string of the molecule is CC1CCC1NCl. The summed E-state index contributed by atoms with van der Waals surface area (Å²) in [7, 11) is 0. The Labute approximate surface area is 49.2 Å². The van der Waals surface area contributed by atoms with Gasteiger partial charge in [-0.3, -0.25) is 0 Å². The monoisotopic (exact) mass is 119 g/mol. The van der Waals surface area contributed by atoms with Crippen LogP contribution >= 0.6 is 11.8 Å². The minimum absolute atomic E-state index is 0.599. The van der Waals surface area contributed by atoms with E-state index in [1.165, 1.54) is 12.8 Å². The van der Waals surface area contributed by atoms with Crippen LogP contribution < -0.4 is 4.84 Å².